The lowest BCUT2D eigenvalue weighted by Crippen LogP contribution is -2.32. The Morgan fingerprint density at radius 2 is 2.00 bits per heavy atom. The highest BCUT2D eigenvalue weighted by Crippen LogP contribution is 2.20. The summed E-state index contributed by atoms with van der Waals surface area (Å²) in [6.45, 7) is 5.78. The standard InChI is InChI=1S/C18H23NO5/c1-18(2,3)24-17(22)19-10-6-5-7-13-8-9-14(12-16(20)21)15(11-13)23-4/h8-9,11H,6,10,12H2,1-4H3,(H,19,22)(H,20,21). The first-order valence-electron chi connectivity index (χ1n) is 7.55. The van der Waals surface area contributed by atoms with E-state index in [9.17, 15) is 9.59 Å². The summed E-state index contributed by atoms with van der Waals surface area (Å²) >= 11 is 0. The van der Waals surface area contributed by atoms with Gasteiger partial charge in [0.2, 0.25) is 0 Å². The second kappa shape index (κ2) is 8.82. The average Bonchev–Trinajstić information content (AvgIpc) is 2.45. The van der Waals surface area contributed by atoms with E-state index in [0.717, 1.165) is 5.56 Å². The van der Waals surface area contributed by atoms with Crippen LogP contribution in [0.15, 0.2) is 18.2 Å². The van der Waals surface area contributed by atoms with Gasteiger partial charge in [-0.25, -0.2) is 4.79 Å². The van der Waals surface area contributed by atoms with Gasteiger partial charge in [-0.2, -0.15) is 0 Å². The SMILES string of the molecule is COc1cc(C#CCCNC(=O)OC(C)(C)C)ccc1CC(=O)O. The van der Waals surface area contributed by atoms with Gasteiger partial charge in [0.05, 0.1) is 13.5 Å². The molecule has 1 aromatic carbocycles. The first-order valence-corrected chi connectivity index (χ1v) is 7.55. The van der Waals surface area contributed by atoms with E-state index in [1.807, 2.05) is 0 Å². The minimum atomic E-state index is -0.916. The number of nitrogens with one attached hydrogen (secondary N) is 1. The highest BCUT2D eigenvalue weighted by atomic mass is 16.6. The summed E-state index contributed by atoms with van der Waals surface area (Å²) in [7, 11) is 1.49. The summed E-state index contributed by atoms with van der Waals surface area (Å²) in [5.74, 6) is 5.47. The lowest BCUT2D eigenvalue weighted by Gasteiger charge is -2.19. The largest absolute Gasteiger partial charge is 0.496 e. The number of hydrogen-bond acceptors (Lipinski definition) is 4. The Bertz CT molecular complexity index is 650. The van der Waals surface area contributed by atoms with E-state index in [1.165, 1.54) is 7.11 Å². The summed E-state index contributed by atoms with van der Waals surface area (Å²) in [4.78, 5) is 22.2. The quantitative estimate of drug-likeness (QED) is 0.639. The molecule has 0 aliphatic rings. The van der Waals surface area contributed by atoms with E-state index >= 15 is 0 Å². The molecule has 6 heteroatoms. The number of carbonyl (C=O) groups excluding carboxylic acids is 1. The molecule has 0 saturated carbocycles. The first kappa shape index (κ1) is 19.4. The molecule has 2 N–H and O–H groups in total. The van der Waals surface area contributed by atoms with Crippen molar-refractivity contribution in [1.29, 1.82) is 0 Å². The van der Waals surface area contributed by atoms with Crippen LogP contribution in [0, 0.1) is 11.8 Å². The van der Waals surface area contributed by atoms with Crippen molar-refractivity contribution in [3.8, 4) is 17.6 Å². The van der Waals surface area contributed by atoms with Crippen LogP contribution in [0.2, 0.25) is 0 Å². The summed E-state index contributed by atoms with van der Waals surface area (Å²) < 4.78 is 10.3. The Morgan fingerprint density at radius 3 is 2.58 bits per heavy atom. The number of hydrogen-bond donors (Lipinski definition) is 2. The molecule has 0 atom stereocenters. The van der Waals surface area contributed by atoms with Gasteiger partial charge in [-0.15, -0.1) is 0 Å². The summed E-state index contributed by atoms with van der Waals surface area (Å²) in [5, 5.41) is 11.5. The number of aliphatic carboxylic acids is 1. The topological polar surface area (TPSA) is 84.9 Å². The third kappa shape index (κ3) is 7.54. The molecule has 0 unspecified atom stereocenters. The van der Waals surface area contributed by atoms with Crippen LogP contribution in [0.3, 0.4) is 0 Å². The number of alkyl carbamates (subject to hydrolysis) is 1. The third-order valence-corrected chi connectivity index (χ3v) is 2.78. The van der Waals surface area contributed by atoms with Gasteiger partial charge >= 0.3 is 12.1 Å². The number of methoxy groups -OCH3 is 1. The lowest BCUT2D eigenvalue weighted by molar-refractivity contribution is -0.136. The molecule has 0 radical (unpaired) electrons. The van der Waals surface area contributed by atoms with E-state index in [0.29, 0.717) is 24.3 Å². The molecule has 1 amide bonds. The Morgan fingerprint density at radius 1 is 1.29 bits per heavy atom. The lowest BCUT2D eigenvalue weighted by atomic mass is 10.1. The first-order chi connectivity index (χ1) is 11.2. The number of carboxylic acid groups (broad SMARTS) is 1. The Labute approximate surface area is 142 Å². The van der Waals surface area contributed by atoms with Gasteiger partial charge in [0, 0.05) is 24.1 Å². The van der Waals surface area contributed by atoms with Crippen LogP contribution in [0.4, 0.5) is 4.79 Å². The summed E-state index contributed by atoms with van der Waals surface area (Å²) in [6, 6.07) is 5.14. The predicted molar refractivity (Wildman–Crippen MR) is 90.1 cm³/mol. The Hall–Kier alpha value is -2.68. The van der Waals surface area contributed by atoms with Crippen molar-refractivity contribution in [1.82, 2.24) is 5.32 Å². The van der Waals surface area contributed by atoms with Gasteiger partial charge in [-0.05, 0) is 32.9 Å². The van der Waals surface area contributed by atoms with E-state index < -0.39 is 17.7 Å². The number of carboxylic acids is 1. The minimum Gasteiger partial charge on any atom is -0.496 e. The van der Waals surface area contributed by atoms with Gasteiger partial charge in [-0.3, -0.25) is 4.79 Å². The molecule has 0 spiro atoms. The zero-order valence-corrected chi connectivity index (χ0v) is 14.4. The highest BCUT2D eigenvalue weighted by Gasteiger charge is 2.15. The van der Waals surface area contributed by atoms with Crippen LogP contribution >= 0.6 is 0 Å². The van der Waals surface area contributed by atoms with E-state index in [-0.39, 0.29) is 6.42 Å². The van der Waals surface area contributed by atoms with Gasteiger partial charge in [0.15, 0.2) is 0 Å². The smallest absolute Gasteiger partial charge is 0.407 e. The Kier molecular flexibility index (Phi) is 7.12. The maximum absolute atomic E-state index is 11.5. The summed E-state index contributed by atoms with van der Waals surface area (Å²) in [5.41, 5.74) is 0.796. The van der Waals surface area contributed by atoms with Crippen molar-refractivity contribution in [3.63, 3.8) is 0 Å². The van der Waals surface area contributed by atoms with Crippen molar-refractivity contribution in [2.45, 2.75) is 39.2 Å². The fourth-order valence-electron chi connectivity index (χ4n) is 1.84. The molecule has 1 rings (SSSR count). The van der Waals surface area contributed by atoms with Gasteiger partial charge in [0.25, 0.3) is 0 Å². The predicted octanol–water partition coefficient (Wildman–Crippen LogP) is 2.59. The molecule has 1 aromatic rings. The number of ether oxygens (including phenoxy) is 2. The molecule has 0 fully saturated rings. The second-order valence-electron chi connectivity index (χ2n) is 6.08. The molecule has 24 heavy (non-hydrogen) atoms. The fourth-order valence-corrected chi connectivity index (χ4v) is 1.84. The highest BCUT2D eigenvalue weighted by molar-refractivity contribution is 5.71. The maximum Gasteiger partial charge on any atom is 0.407 e. The van der Waals surface area contributed by atoms with Gasteiger partial charge in [0.1, 0.15) is 11.4 Å². The van der Waals surface area contributed by atoms with Crippen molar-refractivity contribution in [3.05, 3.63) is 29.3 Å². The van der Waals surface area contributed by atoms with Crippen LogP contribution in [0.1, 0.15) is 38.3 Å². The minimum absolute atomic E-state index is 0.101. The monoisotopic (exact) mass is 333 g/mol. The average molecular weight is 333 g/mol. The number of benzene rings is 1. The van der Waals surface area contributed by atoms with Crippen molar-refractivity contribution in [2.24, 2.45) is 0 Å². The van der Waals surface area contributed by atoms with Crippen LogP contribution in [-0.4, -0.2) is 36.4 Å². The molecule has 0 aliphatic carbocycles. The Balaban J connectivity index is 2.54. The molecule has 0 bridgehead atoms. The molecular formula is C18H23NO5. The second-order valence-corrected chi connectivity index (χ2v) is 6.08. The van der Waals surface area contributed by atoms with Crippen LogP contribution < -0.4 is 10.1 Å². The number of rotatable bonds is 5. The van der Waals surface area contributed by atoms with Gasteiger partial charge < -0.3 is 19.9 Å². The summed E-state index contributed by atoms with van der Waals surface area (Å²) in [6.07, 6.45) is -0.0984. The van der Waals surface area contributed by atoms with E-state index in [2.05, 4.69) is 17.2 Å². The number of carbonyl (C=O) groups is 2. The van der Waals surface area contributed by atoms with Crippen molar-refractivity contribution >= 4 is 12.1 Å². The molecular weight excluding hydrogens is 310 g/mol. The molecule has 0 aromatic heterocycles. The zero-order chi connectivity index (χ0) is 18.2. The van der Waals surface area contributed by atoms with Crippen LogP contribution in [0.5, 0.6) is 5.75 Å². The van der Waals surface area contributed by atoms with Gasteiger partial charge in [-0.1, -0.05) is 17.9 Å². The number of amides is 1. The van der Waals surface area contributed by atoms with E-state index in [1.54, 1.807) is 39.0 Å². The zero-order valence-electron chi connectivity index (χ0n) is 14.4. The van der Waals surface area contributed by atoms with E-state index in [4.69, 9.17) is 14.6 Å². The van der Waals surface area contributed by atoms with Crippen LogP contribution in [0.25, 0.3) is 0 Å². The van der Waals surface area contributed by atoms with Crippen molar-refractivity contribution in [2.75, 3.05) is 13.7 Å². The normalized spacial score (nSPS) is 10.3. The van der Waals surface area contributed by atoms with Crippen molar-refractivity contribution < 1.29 is 24.2 Å². The third-order valence-electron chi connectivity index (χ3n) is 2.78. The maximum atomic E-state index is 11.5. The molecule has 0 aliphatic heterocycles. The molecule has 130 valence electrons. The van der Waals surface area contributed by atoms with Crippen LogP contribution in [-0.2, 0) is 16.0 Å². The molecule has 0 heterocycles. The molecule has 6 nitrogen and oxygen atoms in total. The molecule has 0 saturated heterocycles. The fraction of sp³-hybridized carbons (Fsp3) is 0.444.